The van der Waals surface area contributed by atoms with Crippen LogP contribution in [0, 0.1) is 12.8 Å². The third-order valence-corrected chi connectivity index (χ3v) is 5.64. The first kappa shape index (κ1) is 17.4. The molecule has 3 N–H and O–H groups in total. The molecule has 0 aromatic carbocycles. The molecule has 1 saturated carbocycles. The van der Waals surface area contributed by atoms with Gasteiger partial charge in [-0.1, -0.05) is 24.9 Å². The Labute approximate surface area is 144 Å². The van der Waals surface area contributed by atoms with E-state index in [1.807, 2.05) is 13.0 Å². The van der Waals surface area contributed by atoms with Crippen LogP contribution >= 0.6 is 0 Å². The van der Waals surface area contributed by atoms with Crippen LogP contribution < -0.4 is 15.1 Å². The number of nitrogens with one attached hydrogen (secondary N) is 3. The third-order valence-electron chi connectivity index (χ3n) is 5.64. The Morgan fingerprint density at radius 2 is 1.96 bits per heavy atom. The zero-order valence-corrected chi connectivity index (χ0v) is 15.1. The smallest absolute Gasteiger partial charge is 0.275 e. The molecule has 24 heavy (non-hydrogen) atoms. The zero-order chi connectivity index (χ0) is 16.9. The number of rotatable bonds is 5. The van der Waals surface area contributed by atoms with Gasteiger partial charge in [-0.2, -0.15) is 0 Å². The van der Waals surface area contributed by atoms with Gasteiger partial charge in [0.15, 0.2) is 6.54 Å². The Kier molecular flexibility index (Phi) is 5.89. The minimum Gasteiger partial charge on any atom is -0.361 e. The summed E-state index contributed by atoms with van der Waals surface area (Å²) in [5.74, 6) is 1.74. The molecule has 0 bridgehead atoms. The van der Waals surface area contributed by atoms with Gasteiger partial charge in [0, 0.05) is 12.1 Å². The average Bonchev–Trinajstić information content (AvgIpc) is 2.96. The van der Waals surface area contributed by atoms with Gasteiger partial charge in [-0.25, -0.2) is 0 Å². The highest BCUT2D eigenvalue weighted by molar-refractivity contribution is 5.77. The molecule has 2 atom stereocenters. The first-order valence-corrected chi connectivity index (χ1v) is 9.49. The summed E-state index contributed by atoms with van der Waals surface area (Å²) in [6, 6.07) is 2.42. The summed E-state index contributed by atoms with van der Waals surface area (Å²) < 4.78 is 5.14. The van der Waals surface area contributed by atoms with Crippen LogP contribution in [0.15, 0.2) is 10.6 Å². The molecule has 0 unspecified atom stereocenters. The minimum absolute atomic E-state index is 0.235. The van der Waals surface area contributed by atoms with Crippen LogP contribution in [-0.2, 0) is 11.3 Å². The Morgan fingerprint density at radius 1 is 1.25 bits per heavy atom. The van der Waals surface area contributed by atoms with Crippen molar-refractivity contribution in [2.45, 2.75) is 52.1 Å². The highest BCUT2D eigenvalue weighted by Crippen LogP contribution is 2.23. The van der Waals surface area contributed by atoms with Gasteiger partial charge in [0.1, 0.15) is 44.2 Å². The molecule has 2 aliphatic rings. The number of carbonyl (C=O) groups is 1. The number of hydrogen-bond donors (Lipinski definition) is 3. The highest BCUT2D eigenvalue weighted by atomic mass is 16.5. The number of nitrogens with zero attached hydrogens (tertiary/aromatic N) is 1. The van der Waals surface area contributed by atoms with Crippen molar-refractivity contribution in [1.82, 2.24) is 10.5 Å². The van der Waals surface area contributed by atoms with Crippen molar-refractivity contribution < 1.29 is 19.1 Å². The van der Waals surface area contributed by atoms with Crippen LogP contribution in [0.1, 0.15) is 44.1 Å². The van der Waals surface area contributed by atoms with E-state index in [-0.39, 0.29) is 5.91 Å². The van der Waals surface area contributed by atoms with Crippen molar-refractivity contribution in [2.75, 3.05) is 32.7 Å². The van der Waals surface area contributed by atoms with E-state index in [1.54, 1.807) is 0 Å². The van der Waals surface area contributed by atoms with Gasteiger partial charge in [0.2, 0.25) is 0 Å². The summed E-state index contributed by atoms with van der Waals surface area (Å²) in [6.45, 7) is 10.0. The van der Waals surface area contributed by atoms with Crippen molar-refractivity contribution >= 4 is 5.91 Å². The molecule has 0 spiro atoms. The Balaban J connectivity index is 1.37. The van der Waals surface area contributed by atoms with E-state index >= 15 is 0 Å². The lowest BCUT2D eigenvalue weighted by molar-refractivity contribution is -1.02. The van der Waals surface area contributed by atoms with E-state index in [4.69, 9.17) is 4.52 Å². The van der Waals surface area contributed by atoms with Crippen molar-refractivity contribution in [3.05, 3.63) is 17.5 Å². The lowest BCUT2D eigenvalue weighted by Crippen LogP contribution is -3.28. The molecule has 2 fully saturated rings. The second-order valence-electron chi connectivity index (χ2n) is 7.72. The zero-order valence-electron chi connectivity index (χ0n) is 15.1. The van der Waals surface area contributed by atoms with Gasteiger partial charge in [-0.15, -0.1) is 0 Å². The Bertz CT molecular complexity index is 537. The number of piperazine rings is 1. The molecule has 1 amide bonds. The third kappa shape index (κ3) is 4.80. The minimum atomic E-state index is 0.235. The number of quaternary nitrogens is 2. The molecule has 1 aliphatic heterocycles. The van der Waals surface area contributed by atoms with E-state index in [0.717, 1.165) is 50.6 Å². The van der Waals surface area contributed by atoms with Gasteiger partial charge in [-0.05, 0) is 25.7 Å². The van der Waals surface area contributed by atoms with E-state index in [1.165, 1.54) is 29.1 Å². The molecular weight excluding hydrogens is 304 g/mol. The Hall–Kier alpha value is -1.40. The van der Waals surface area contributed by atoms with Gasteiger partial charge >= 0.3 is 0 Å². The predicted molar refractivity (Wildman–Crippen MR) is 90.8 cm³/mol. The van der Waals surface area contributed by atoms with Crippen molar-refractivity contribution in [3.63, 3.8) is 0 Å². The first-order valence-electron chi connectivity index (χ1n) is 9.49. The summed E-state index contributed by atoms with van der Waals surface area (Å²) in [4.78, 5) is 15.3. The van der Waals surface area contributed by atoms with Crippen LogP contribution in [0.2, 0.25) is 0 Å². The molecule has 1 aromatic heterocycles. The first-order chi connectivity index (χ1) is 11.6. The standard InChI is InChI=1S/C18H30N4O2/c1-14-5-3-4-6-17(14)19-18(23)13-22-9-7-21(8-10-22)12-16-11-15(2)24-20-16/h11,14,17H,3-10,12-13H2,1-2H3,(H,19,23)/p+2/t14-,17+/m1/s1. The largest absolute Gasteiger partial charge is 0.361 e. The van der Waals surface area contributed by atoms with Gasteiger partial charge in [0.05, 0.1) is 0 Å². The van der Waals surface area contributed by atoms with E-state index in [0.29, 0.717) is 18.5 Å². The van der Waals surface area contributed by atoms with Crippen molar-refractivity contribution in [1.29, 1.82) is 0 Å². The highest BCUT2D eigenvalue weighted by Gasteiger charge is 2.28. The topological polar surface area (TPSA) is 64.0 Å². The average molecular weight is 336 g/mol. The fraction of sp³-hybridized carbons (Fsp3) is 0.778. The molecule has 134 valence electrons. The van der Waals surface area contributed by atoms with Crippen molar-refractivity contribution in [2.24, 2.45) is 5.92 Å². The number of amides is 1. The van der Waals surface area contributed by atoms with Gasteiger partial charge in [0.25, 0.3) is 5.91 Å². The maximum absolute atomic E-state index is 12.3. The van der Waals surface area contributed by atoms with E-state index < -0.39 is 0 Å². The second kappa shape index (κ2) is 8.12. The molecule has 3 rings (SSSR count). The molecular formula is C18H32N4O2+2. The number of carbonyl (C=O) groups excluding carboxylic acids is 1. The molecule has 1 saturated heterocycles. The van der Waals surface area contributed by atoms with Crippen LogP contribution in [0.4, 0.5) is 0 Å². The summed E-state index contributed by atoms with van der Waals surface area (Å²) in [7, 11) is 0. The number of hydrogen-bond acceptors (Lipinski definition) is 3. The molecule has 0 radical (unpaired) electrons. The number of aromatic nitrogens is 1. The normalized spacial score (nSPS) is 30.9. The second-order valence-corrected chi connectivity index (χ2v) is 7.72. The van der Waals surface area contributed by atoms with Crippen LogP contribution in [0.3, 0.4) is 0 Å². The molecule has 1 aliphatic carbocycles. The van der Waals surface area contributed by atoms with Crippen LogP contribution in [0.25, 0.3) is 0 Å². The lowest BCUT2D eigenvalue weighted by atomic mass is 9.86. The predicted octanol–water partition coefficient (Wildman–Crippen LogP) is -1.04. The fourth-order valence-electron chi connectivity index (χ4n) is 4.08. The molecule has 1 aromatic rings. The van der Waals surface area contributed by atoms with Crippen LogP contribution in [-0.4, -0.2) is 49.8 Å². The summed E-state index contributed by atoms with van der Waals surface area (Å²) in [5, 5.41) is 7.36. The maximum Gasteiger partial charge on any atom is 0.275 e. The monoisotopic (exact) mass is 336 g/mol. The summed E-state index contributed by atoms with van der Waals surface area (Å²) >= 11 is 0. The molecule has 2 heterocycles. The summed E-state index contributed by atoms with van der Waals surface area (Å²) in [5.41, 5.74) is 1.04. The molecule has 6 nitrogen and oxygen atoms in total. The van der Waals surface area contributed by atoms with E-state index in [2.05, 4.69) is 17.4 Å². The van der Waals surface area contributed by atoms with Crippen molar-refractivity contribution in [3.8, 4) is 0 Å². The quantitative estimate of drug-likeness (QED) is 0.644. The fourth-order valence-corrected chi connectivity index (χ4v) is 4.08. The van der Waals surface area contributed by atoms with E-state index in [9.17, 15) is 4.79 Å². The lowest BCUT2D eigenvalue weighted by Gasteiger charge is -2.31. The Morgan fingerprint density at radius 3 is 2.62 bits per heavy atom. The van der Waals surface area contributed by atoms with Gasteiger partial charge in [-0.3, -0.25) is 4.79 Å². The summed E-state index contributed by atoms with van der Waals surface area (Å²) in [6.07, 6.45) is 4.97. The van der Waals surface area contributed by atoms with Gasteiger partial charge < -0.3 is 19.6 Å². The molecule has 6 heteroatoms. The number of aryl methyl sites for hydroxylation is 1. The maximum atomic E-state index is 12.3. The van der Waals surface area contributed by atoms with Crippen LogP contribution in [0.5, 0.6) is 0 Å². The SMILES string of the molecule is Cc1cc(C[NH+]2CC[NH+](CC(=O)N[C@H]3CCCC[C@H]3C)CC2)no1.